The molecule has 0 saturated heterocycles. The first-order valence-electron chi connectivity index (χ1n) is 6.50. The average molecular weight is 324 g/mol. The summed E-state index contributed by atoms with van der Waals surface area (Å²) in [5.74, 6) is -2.35. The molecule has 0 radical (unpaired) electrons. The van der Waals surface area contributed by atoms with Crippen LogP contribution < -0.4 is 22.3 Å². The lowest BCUT2D eigenvalue weighted by Gasteiger charge is -2.16. The number of hydrogen-bond donors (Lipinski definition) is 2. The van der Waals surface area contributed by atoms with E-state index in [0.29, 0.717) is 14.7 Å². The largest absolute Gasteiger partial charge is 0.365 e. The lowest BCUT2D eigenvalue weighted by atomic mass is 10.2. The van der Waals surface area contributed by atoms with Gasteiger partial charge in [0.1, 0.15) is 17.2 Å². The second-order valence-electron chi connectivity index (χ2n) is 4.89. The summed E-state index contributed by atoms with van der Waals surface area (Å²) < 4.78 is 28.2. The lowest BCUT2D eigenvalue weighted by molar-refractivity contribution is 0.0998. The molecule has 1 amide bonds. The number of anilines is 2. The molecule has 7 nitrogen and oxygen atoms in total. The summed E-state index contributed by atoms with van der Waals surface area (Å²) in [6, 6.07) is 4.10. The topological polar surface area (TPSA) is 99.1 Å². The molecule has 1 aromatic carbocycles. The first-order valence-corrected chi connectivity index (χ1v) is 6.50. The van der Waals surface area contributed by atoms with Gasteiger partial charge in [0.2, 0.25) is 0 Å². The predicted octanol–water partition coefficient (Wildman–Crippen LogP) is 0.764. The van der Waals surface area contributed by atoms with Gasteiger partial charge in [-0.2, -0.15) is 0 Å². The van der Waals surface area contributed by atoms with E-state index >= 15 is 0 Å². The third-order valence-electron chi connectivity index (χ3n) is 3.29. The lowest BCUT2D eigenvalue weighted by Crippen LogP contribution is -2.43. The minimum absolute atomic E-state index is 0.132. The van der Waals surface area contributed by atoms with Crippen LogP contribution >= 0.6 is 0 Å². The molecule has 0 fully saturated rings. The van der Waals surface area contributed by atoms with Gasteiger partial charge in [-0.25, -0.2) is 18.1 Å². The Balaban J connectivity index is 2.76. The molecule has 122 valence electrons. The Morgan fingerprint density at radius 1 is 1.35 bits per heavy atom. The predicted molar refractivity (Wildman–Crippen MR) is 80.0 cm³/mol. The van der Waals surface area contributed by atoms with Crippen molar-refractivity contribution in [1.82, 2.24) is 9.13 Å². The summed E-state index contributed by atoms with van der Waals surface area (Å²) in [6.45, 7) is 0.334. The number of aromatic nitrogens is 2. The van der Waals surface area contributed by atoms with E-state index in [2.05, 4.69) is 5.32 Å². The van der Waals surface area contributed by atoms with Crippen molar-refractivity contribution < 1.29 is 13.6 Å². The summed E-state index contributed by atoms with van der Waals surface area (Å²) in [6.07, 6.45) is 0. The van der Waals surface area contributed by atoms with E-state index in [1.54, 1.807) is 13.0 Å². The Bertz CT molecular complexity index is 902. The number of halogens is 2. The van der Waals surface area contributed by atoms with Crippen molar-refractivity contribution in [2.45, 2.75) is 13.7 Å². The van der Waals surface area contributed by atoms with Crippen LogP contribution in [0.2, 0.25) is 0 Å². The van der Waals surface area contributed by atoms with Gasteiger partial charge in [0.25, 0.3) is 11.5 Å². The number of carbonyl (C=O) groups excluding carboxylic acids is 1. The van der Waals surface area contributed by atoms with Crippen molar-refractivity contribution in [3.05, 3.63) is 56.0 Å². The van der Waals surface area contributed by atoms with Gasteiger partial charge in [0.15, 0.2) is 6.80 Å². The molecular formula is C14H14F2N4O3. The van der Waals surface area contributed by atoms with E-state index in [-0.39, 0.29) is 5.69 Å². The molecule has 23 heavy (non-hydrogen) atoms. The molecule has 3 N–H and O–H groups in total. The van der Waals surface area contributed by atoms with Crippen LogP contribution in [0.4, 0.5) is 20.3 Å². The number of amides is 1. The minimum atomic E-state index is -1.33. The van der Waals surface area contributed by atoms with E-state index in [1.807, 2.05) is 0 Å². The van der Waals surface area contributed by atoms with Gasteiger partial charge in [-0.3, -0.25) is 14.2 Å². The van der Waals surface area contributed by atoms with E-state index < -0.39 is 41.2 Å². The van der Waals surface area contributed by atoms with Gasteiger partial charge in [0.05, 0.1) is 5.69 Å². The first kappa shape index (κ1) is 16.4. The molecule has 0 atom stereocenters. The highest BCUT2D eigenvalue weighted by Gasteiger charge is 2.22. The molecule has 0 unspecified atom stereocenters. The van der Waals surface area contributed by atoms with Crippen LogP contribution in [0, 0.1) is 12.7 Å². The van der Waals surface area contributed by atoms with Crippen LogP contribution in [0.5, 0.6) is 0 Å². The number of alkyl halides is 1. The van der Waals surface area contributed by atoms with Crippen LogP contribution in [0.3, 0.4) is 0 Å². The zero-order valence-electron chi connectivity index (χ0n) is 12.4. The average Bonchev–Trinajstić information content (AvgIpc) is 2.48. The molecule has 2 aromatic rings. The number of benzene rings is 1. The molecule has 0 bridgehead atoms. The Hall–Kier alpha value is -2.97. The second kappa shape index (κ2) is 6.03. The SMILES string of the molecule is Cc1ccc(Nc2c(C(N)=O)c(=O)n(C)c(=O)n2CF)c(F)c1. The molecular weight excluding hydrogens is 310 g/mol. The highest BCUT2D eigenvalue weighted by molar-refractivity contribution is 5.98. The normalized spacial score (nSPS) is 10.6. The zero-order valence-corrected chi connectivity index (χ0v) is 12.4. The van der Waals surface area contributed by atoms with Crippen molar-refractivity contribution in [3.8, 4) is 0 Å². The standard InChI is InChI=1S/C14H14F2N4O3/c1-7-3-4-9(8(16)5-7)18-12-10(11(17)21)13(22)19(2)14(23)20(12)6-15/h3-5,18H,6H2,1-2H3,(H2,17,21). The third kappa shape index (κ3) is 2.85. The number of nitrogens with zero attached hydrogens (tertiary/aromatic N) is 2. The van der Waals surface area contributed by atoms with E-state index in [0.717, 1.165) is 7.05 Å². The molecule has 1 heterocycles. The van der Waals surface area contributed by atoms with E-state index in [1.165, 1.54) is 12.1 Å². The monoisotopic (exact) mass is 324 g/mol. The fourth-order valence-corrected chi connectivity index (χ4v) is 2.08. The maximum Gasteiger partial charge on any atom is 0.334 e. The summed E-state index contributed by atoms with van der Waals surface area (Å²) in [7, 11) is 1.08. The van der Waals surface area contributed by atoms with Gasteiger partial charge < -0.3 is 11.1 Å². The van der Waals surface area contributed by atoms with Crippen LogP contribution in [0.15, 0.2) is 27.8 Å². The number of hydrogen-bond acceptors (Lipinski definition) is 4. The zero-order chi connectivity index (χ0) is 17.3. The van der Waals surface area contributed by atoms with Gasteiger partial charge in [0, 0.05) is 7.05 Å². The van der Waals surface area contributed by atoms with Gasteiger partial charge in [-0.05, 0) is 24.6 Å². The van der Waals surface area contributed by atoms with Gasteiger partial charge in [-0.1, -0.05) is 6.07 Å². The quantitative estimate of drug-likeness (QED) is 0.867. The Labute approximate surface area is 129 Å². The van der Waals surface area contributed by atoms with Gasteiger partial charge in [-0.15, -0.1) is 0 Å². The van der Waals surface area contributed by atoms with Crippen LogP contribution in [0.25, 0.3) is 0 Å². The summed E-state index contributed by atoms with van der Waals surface area (Å²) in [4.78, 5) is 35.5. The third-order valence-corrected chi connectivity index (χ3v) is 3.29. The molecule has 0 spiro atoms. The van der Waals surface area contributed by atoms with Crippen molar-refractivity contribution in [2.24, 2.45) is 12.8 Å². The van der Waals surface area contributed by atoms with E-state index in [4.69, 9.17) is 5.73 Å². The van der Waals surface area contributed by atoms with Crippen LogP contribution in [0.1, 0.15) is 15.9 Å². The molecule has 0 aliphatic carbocycles. The molecule has 9 heteroatoms. The van der Waals surface area contributed by atoms with E-state index in [9.17, 15) is 23.2 Å². The maximum atomic E-state index is 13.9. The second-order valence-corrected chi connectivity index (χ2v) is 4.89. The number of nitrogens with one attached hydrogen (secondary N) is 1. The smallest absolute Gasteiger partial charge is 0.334 e. The van der Waals surface area contributed by atoms with Crippen molar-refractivity contribution in [2.75, 3.05) is 5.32 Å². The van der Waals surface area contributed by atoms with Crippen molar-refractivity contribution in [3.63, 3.8) is 0 Å². The number of aryl methyl sites for hydroxylation is 1. The highest BCUT2D eigenvalue weighted by Crippen LogP contribution is 2.21. The molecule has 2 rings (SSSR count). The van der Waals surface area contributed by atoms with Crippen LogP contribution in [-0.4, -0.2) is 15.0 Å². The first-order chi connectivity index (χ1) is 10.8. The van der Waals surface area contributed by atoms with Gasteiger partial charge >= 0.3 is 5.69 Å². The number of carbonyl (C=O) groups is 1. The summed E-state index contributed by atoms with van der Waals surface area (Å²) >= 11 is 0. The fourth-order valence-electron chi connectivity index (χ4n) is 2.08. The Kier molecular flexibility index (Phi) is 4.30. The molecule has 1 aromatic heterocycles. The van der Waals surface area contributed by atoms with Crippen LogP contribution in [-0.2, 0) is 13.8 Å². The summed E-state index contributed by atoms with van der Waals surface area (Å²) in [5.41, 5.74) is 3.02. The maximum absolute atomic E-state index is 13.9. The molecule has 0 saturated carbocycles. The van der Waals surface area contributed by atoms with Crippen molar-refractivity contribution >= 4 is 17.4 Å². The Morgan fingerprint density at radius 3 is 2.52 bits per heavy atom. The highest BCUT2D eigenvalue weighted by atomic mass is 19.1. The number of primary amides is 1. The Morgan fingerprint density at radius 2 is 2.00 bits per heavy atom. The molecule has 0 aliphatic rings. The number of rotatable bonds is 4. The fraction of sp³-hybridized carbons (Fsp3) is 0.214. The molecule has 0 aliphatic heterocycles. The van der Waals surface area contributed by atoms with Crippen molar-refractivity contribution in [1.29, 1.82) is 0 Å². The number of nitrogens with two attached hydrogens (primary N) is 1. The minimum Gasteiger partial charge on any atom is -0.365 e. The summed E-state index contributed by atoms with van der Waals surface area (Å²) in [5, 5.41) is 2.41.